The van der Waals surface area contributed by atoms with Gasteiger partial charge in [0.15, 0.2) is 0 Å². The van der Waals surface area contributed by atoms with Crippen LogP contribution in [0.15, 0.2) is 53.6 Å². The average Bonchev–Trinajstić information content (AvgIpc) is 2.52. The molecule has 2 rings (SSSR count). The predicted molar refractivity (Wildman–Crippen MR) is 91.2 cm³/mol. The smallest absolute Gasteiger partial charge is 0.259 e. The number of anilines is 1. The Morgan fingerprint density at radius 1 is 1.09 bits per heavy atom. The van der Waals surface area contributed by atoms with Gasteiger partial charge in [0.25, 0.3) is 5.91 Å². The van der Waals surface area contributed by atoms with Crippen LogP contribution in [0, 0.1) is 13.8 Å². The number of hydrazone groups is 1. The van der Waals surface area contributed by atoms with Crippen LogP contribution < -0.4 is 10.7 Å². The van der Waals surface area contributed by atoms with Crippen molar-refractivity contribution >= 4 is 17.3 Å². The van der Waals surface area contributed by atoms with Gasteiger partial charge in [-0.05, 0) is 38.0 Å². The molecule has 0 spiro atoms. The topological polar surface area (TPSA) is 53.5 Å². The molecule has 1 amide bonds. The highest BCUT2D eigenvalue weighted by atomic mass is 16.2. The number of carbonyl (C=O) groups excluding carboxylic acids is 1. The van der Waals surface area contributed by atoms with Gasteiger partial charge in [-0.2, -0.15) is 5.10 Å². The zero-order chi connectivity index (χ0) is 15.9. The van der Waals surface area contributed by atoms with Crippen LogP contribution in [-0.4, -0.2) is 18.2 Å². The largest absolute Gasteiger partial charge is 0.376 e. The summed E-state index contributed by atoms with van der Waals surface area (Å²) in [5.41, 5.74) is 7.63. The summed E-state index contributed by atoms with van der Waals surface area (Å²) >= 11 is 0. The van der Waals surface area contributed by atoms with Gasteiger partial charge in [-0.25, -0.2) is 5.43 Å². The van der Waals surface area contributed by atoms with Crippen LogP contribution in [0.5, 0.6) is 0 Å². The van der Waals surface area contributed by atoms with E-state index in [1.165, 1.54) is 5.56 Å². The van der Waals surface area contributed by atoms with E-state index in [4.69, 9.17) is 0 Å². The Morgan fingerprint density at radius 2 is 1.82 bits per heavy atom. The quantitative estimate of drug-likeness (QED) is 0.657. The molecule has 0 aliphatic heterocycles. The monoisotopic (exact) mass is 295 g/mol. The Bertz CT molecular complexity index is 678. The van der Waals surface area contributed by atoms with Gasteiger partial charge in [0.1, 0.15) is 0 Å². The van der Waals surface area contributed by atoms with Crippen molar-refractivity contribution in [2.75, 3.05) is 11.9 Å². The van der Waals surface area contributed by atoms with Gasteiger partial charge in [0.05, 0.1) is 12.3 Å². The standard InChI is InChI=1S/C18H21N3O/c1-13-9-10-17(14(2)11-13)19-12-18(22)21-20-15(3)16-7-5-4-6-8-16/h4-11,19H,12H2,1-3H3,(H,21,22). The van der Waals surface area contributed by atoms with Crippen LogP contribution in [0.25, 0.3) is 0 Å². The second-order valence-corrected chi connectivity index (χ2v) is 5.27. The molecule has 0 saturated heterocycles. The van der Waals surface area contributed by atoms with Crippen molar-refractivity contribution in [1.29, 1.82) is 0 Å². The van der Waals surface area contributed by atoms with Gasteiger partial charge in [0, 0.05) is 5.69 Å². The molecule has 0 aliphatic carbocycles. The van der Waals surface area contributed by atoms with Gasteiger partial charge in [-0.3, -0.25) is 4.79 Å². The number of benzene rings is 2. The van der Waals surface area contributed by atoms with Crippen molar-refractivity contribution in [2.45, 2.75) is 20.8 Å². The van der Waals surface area contributed by atoms with Crippen molar-refractivity contribution < 1.29 is 4.79 Å². The lowest BCUT2D eigenvalue weighted by Gasteiger charge is -2.09. The van der Waals surface area contributed by atoms with Gasteiger partial charge in [-0.1, -0.05) is 48.0 Å². The number of rotatable bonds is 5. The summed E-state index contributed by atoms with van der Waals surface area (Å²) in [7, 11) is 0. The van der Waals surface area contributed by atoms with E-state index in [9.17, 15) is 4.79 Å². The first-order valence-electron chi connectivity index (χ1n) is 7.26. The molecule has 114 valence electrons. The fraction of sp³-hybridized carbons (Fsp3) is 0.222. The van der Waals surface area contributed by atoms with E-state index < -0.39 is 0 Å². The van der Waals surface area contributed by atoms with E-state index in [1.807, 2.05) is 63.2 Å². The predicted octanol–water partition coefficient (Wildman–Crippen LogP) is 3.26. The summed E-state index contributed by atoms with van der Waals surface area (Å²) in [6, 6.07) is 15.8. The second-order valence-electron chi connectivity index (χ2n) is 5.27. The van der Waals surface area contributed by atoms with E-state index in [-0.39, 0.29) is 12.5 Å². The molecule has 0 aromatic heterocycles. The SMILES string of the molecule is CC(=NNC(=O)CNc1ccc(C)cc1C)c1ccccc1. The Hall–Kier alpha value is -2.62. The molecule has 0 fully saturated rings. The van der Waals surface area contributed by atoms with Crippen LogP contribution in [0.1, 0.15) is 23.6 Å². The number of nitrogens with zero attached hydrogens (tertiary/aromatic N) is 1. The number of nitrogens with one attached hydrogen (secondary N) is 2. The molecule has 2 aromatic carbocycles. The lowest BCUT2D eigenvalue weighted by atomic mass is 10.1. The van der Waals surface area contributed by atoms with E-state index in [1.54, 1.807) is 0 Å². The summed E-state index contributed by atoms with van der Waals surface area (Å²) in [5, 5.41) is 7.24. The molecular weight excluding hydrogens is 274 g/mol. The molecule has 0 heterocycles. The minimum atomic E-state index is -0.171. The molecule has 2 aromatic rings. The minimum Gasteiger partial charge on any atom is -0.376 e. The summed E-state index contributed by atoms with van der Waals surface area (Å²) in [6.45, 7) is 6.12. The fourth-order valence-corrected chi connectivity index (χ4v) is 2.12. The minimum absolute atomic E-state index is 0.171. The Balaban J connectivity index is 1.88. The third kappa shape index (κ3) is 4.45. The fourth-order valence-electron chi connectivity index (χ4n) is 2.12. The molecule has 4 heteroatoms. The molecule has 0 saturated carbocycles. The lowest BCUT2D eigenvalue weighted by molar-refractivity contribution is -0.119. The molecular formula is C18H21N3O. The maximum absolute atomic E-state index is 11.8. The van der Waals surface area contributed by atoms with E-state index in [0.717, 1.165) is 22.5 Å². The zero-order valence-corrected chi connectivity index (χ0v) is 13.2. The summed E-state index contributed by atoms with van der Waals surface area (Å²) in [4.78, 5) is 11.8. The molecule has 22 heavy (non-hydrogen) atoms. The normalized spacial score (nSPS) is 11.1. The van der Waals surface area contributed by atoms with Crippen LogP contribution in [0.4, 0.5) is 5.69 Å². The first kappa shape index (κ1) is 15.8. The van der Waals surface area contributed by atoms with Crippen molar-refractivity contribution in [3.8, 4) is 0 Å². The molecule has 0 aliphatic rings. The maximum atomic E-state index is 11.8. The van der Waals surface area contributed by atoms with Crippen LogP contribution in [0.2, 0.25) is 0 Å². The Morgan fingerprint density at radius 3 is 2.50 bits per heavy atom. The highest BCUT2D eigenvalue weighted by molar-refractivity contribution is 5.99. The van der Waals surface area contributed by atoms with E-state index in [0.29, 0.717) is 0 Å². The number of carbonyl (C=O) groups is 1. The van der Waals surface area contributed by atoms with E-state index in [2.05, 4.69) is 21.9 Å². The molecule has 0 atom stereocenters. The summed E-state index contributed by atoms with van der Waals surface area (Å²) < 4.78 is 0. The van der Waals surface area contributed by atoms with Crippen molar-refractivity contribution in [1.82, 2.24) is 5.43 Å². The van der Waals surface area contributed by atoms with Gasteiger partial charge < -0.3 is 5.32 Å². The zero-order valence-electron chi connectivity index (χ0n) is 13.2. The molecule has 0 bridgehead atoms. The Labute approximate surface area is 131 Å². The van der Waals surface area contributed by atoms with Crippen LogP contribution in [0.3, 0.4) is 0 Å². The lowest BCUT2D eigenvalue weighted by Crippen LogP contribution is -2.27. The summed E-state index contributed by atoms with van der Waals surface area (Å²) in [6.07, 6.45) is 0. The first-order chi connectivity index (χ1) is 10.6. The third-order valence-corrected chi connectivity index (χ3v) is 3.36. The van der Waals surface area contributed by atoms with Crippen molar-refractivity contribution in [3.05, 3.63) is 65.2 Å². The van der Waals surface area contributed by atoms with Crippen molar-refractivity contribution in [3.63, 3.8) is 0 Å². The first-order valence-corrected chi connectivity index (χ1v) is 7.26. The number of amides is 1. The van der Waals surface area contributed by atoms with Gasteiger partial charge in [-0.15, -0.1) is 0 Å². The van der Waals surface area contributed by atoms with E-state index >= 15 is 0 Å². The second kappa shape index (κ2) is 7.41. The molecule has 0 unspecified atom stereocenters. The summed E-state index contributed by atoms with van der Waals surface area (Å²) in [5.74, 6) is -0.171. The Kier molecular flexibility index (Phi) is 5.31. The van der Waals surface area contributed by atoms with Gasteiger partial charge >= 0.3 is 0 Å². The van der Waals surface area contributed by atoms with Gasteiger partial charge in [0.2, 0.25) is 0 Å². The molecule has 4 nitrogen and oxygen atoms in total. The van der Waals surface area contributed by atoms with Crippen LogP contribution >= 0.6 is 0 Å². The number of hydrogen-bond acceptors (Lipinski definition) is 3. The molecule has 0 radical (unpaired) electrons. The highest BCUT2D eigenvalue weighted by Crippen LogP contribution is 2.15. The third-order valence-electron chi connectivity index (χ3n) is 3.36. The average molecular weight is 295 g/mol. The highest BCUT2D eigenvalue weighted by Gasteiger charge is 2.03. The van der Waals surface area contributed by atoms with Crippen molar-refractivity contribution in [2.24, 2.45) is 5.10 Å². The van der Waals surface area contributed by atoms with Crippen LogP contribution in [-0.2, 0) is 4.79 Å². The maximum Gasteiger partial charge on any atom is 0.259 e. The number of aryl methyl sites for hydroxylation is 2. The molecule has 2 N–H and O–H groups in total. The number of hydrogen-bond donors (Lipinski definition) is 2.